The molecule has 154 valence electrons. The second kappa shape index (κ2) is 8.30. The van der Waals surface area contributed by atoms with Crippen LogP contribution in [0.3, 0.4) is 0 Å². The van der Waals surface area contributed by atoms with Gasteiger partial charge in [-0.25, -0.2) is 4.79 Å². The number of fused-ring (bicyclic) bond motifs is 1. The molecule has 1 amide bonds. The minimum atomic E-state index is -0.330. The van der Waals surface area contributed by atoms with Gasteiger partial charge in [0.2, 0.25) is 0 Å². The first-order valence-corrected chi connectivity index (χ1v) is 9.31. The Kier molecular flexibility index (Phi) is 5.81. The van der Waals surface area contributed by atoms with E-state index in [0.717, 1.165) is 22.3 Å². The minimum absolute atomic E-state index is 0.110. The normalized spacial score (nSPS) is 11.3. The zero-order valence-electron chi connectivity index (χ0n) is 17.0. The molecular formula is C21H26N4O4. The zero-order chi connectivity index (χ0) is 21.0. The van der Waals surface area contributed by atoms with Crippen molar-refractivity contribution in [2.45, 2.75) is 32.9 Å². The van der Waals surface area contributed by atoms with E-state index in [0.29, 0.717) is 18.0 Å². The maximum absolute atomic E-state index is 12.1. The van der Waals surface area contributed by atoms with Gasteiger partial charge in [0.05, 0.1) is 18.1 Å². The first-order valence-electron chi connectivity index (χ1n) is 9.31. The third-order valence-corrected chi connectivity index (χ3v) is 4.14. The number of nitrogens with one attached hydrogen (secondary N) is 4. The number of hydrogen-bond donors (Lipinski definition) is 4. The Morgan fingerprint density at radius 3 is 2.59 bits per heavy atom. The molecule has 1 aromatic heterocycles. The number of rotatable bonds is 7. The van der Waals surface area contributed by atoms with Gasteiger partial charge in [-0.15, -0.1) is 0 Å². The molecule has 0 aliphatic heterocycles. The maximum Gasteiger partial charge on any atom is 0.323 e. The van der Waals surface area contributed by atoms with Crippen molar-refractivity contribution >= 4 is 22.6 Å². The predicted molar refractivity (Wildman–Crippen MR) is 113 cm³/mol. The van der Waals surface area contributed by atoms with Gasteiger partial charge in [-0.05, 0) is 45.0 Å². The Bertz CT molecular complexity index is 1060. The second-order valence-electron chi connectivity index (χ2n) is 7.73. The summed E-state index contributed by atoms with van der Waals surface area (Å²) in [5.41, 5.74) is 2.58. The van der Waals surface area contributed by atoms with Crippen LogP contribution in [0.4, 0.5) is 5.69 Å². The smallest absolute Gasteiger partial charge is 0.323 e. The summed E-state index contributed by atoms with van der Waals surface area (Å²) in [7, 11) is 1.56. The fourth-order valence-corrected chi connectivity index (χ4v) is 2.96. The van der Waals surface area contributed by atoms with Gasteiger partial charge in [0.1, 0.15) is 0 Å². The molecule has 0 radical (unpaired) electrons. The molecule has 0 unspecified atom stereocenters. The molecule has 2 aromatic carbocycles. The Balaban J connectivity index is 1.74. The van der Waals surface area contributed by atoms with Gasteiger partial charge in [-0.1, -0.05) is 12.1 Å². The van der Waals surface area contributed by atoms with Gasteiger partial charge in [-0.2, -0.15) is 0 Å². The molecule has 0 bridgehead atoms. The lowest BCUT2D eigenvalue weighted by Gasteiger charge is -2.21. The highest BCUT2D eigenvalue weighted by Gasteiger charge is 2.16. The Morgan fingerprint density at radius 2 is 1.86 bits per heavy atom. The van der Waals surface area contributed by atoms with E-state index in [1.807, 2.05) is 51.1 Å². The third-order valence-electron chi connectivity index (χ3n) is 4.14. The second-order valence-corrected chi connectivity index (χ2v) is 7.73. The first kappa shape index (κ1) is 20.3. The molecule has 0 saturated heterocycles. The molecule has 0 saturated carbocycles. The molecule has 1 heterocycles. The summed E-state index contributed by atoms with van der Waals surface area (Å²) in [6.45, 7) is 6.09. The number of aromatic nitrogens is 2. The molecule has 3 rings (SSSR count). The summed E-state index contributed by atoms with van der Waals surface area (Å²) in [5.74, 6) is 0.866. The number of H-pyrrole nitrogens is 2. The number of anilines is 1. The van der Waals surface area contributed by atoms with Crippen LogP contribution < -0.4 is 25.8 Å². The monoisotopic (exact) mass is 398 g/mol. The quantitative estimate of drug-likeness (QED) is 0.489. The Morgan fingerprint density at radius 1 is 1.10 bits per heavy atom. The van der Waals surface area contributed by atoms with Gasteiger partial charge in [0.25, 0.3) is 5.91 Å². The summed E-state index contributed by atoms with van der Waals surface area (Å²) in [4.78, 5) is 29.0. The van der Waals surface area contributed by atoms with E-state index in [9.17, 15) is 9.59 Å². The van der Waals surface area contributed by atoms with Crippen LogP contribution in [0.1, 0.15) is 26.3 Å². The van der Waals surface area contributed by atoms with Gasteiger partial charge in [-0.3, -0.25) is 4.79 Å². The highest BCUT2D eigenvalue weighted by molar-refractivity contribution is 5.79. The van der Waals surface area contributed by atoms with Crippen LogP contribution in [0.2, 0.25) is 0 Å². The summed E-state index contributed by atoms with van der Waals surface area (Å²) < 4.78 is 11.2. The first-order chi connectivity index (χ1) is 13.7. The molecular weight excluding hydrogens is 372 g/mol. The zero-order valence-corrected chi connectivity index (χ0v) is 17.0. The fraction of sp³-hybridized carbons (Fsp3) is 0.333. The molecule has 8 heteroatoms. The van der Waals surface area contributed by atoms with Crippen molar-refractivity contribution in [3.63, 3.8) is 0 Å². The standard InChI is InChI=1S/C21H26N4O4/c1-21(2,3)25-18(26)12-29-19-13(6-5-7-17(19)28-4)11-22-14-8-9-15-16(10-14)24-20(27)23-15/h5-10,22H,11-12H2,1-4H3,(H,25,26)(H2,23,24,27). The largest absolute Gasteiger partial charge is 0.493 e. The fourth-order valence-electron chi connectivity index (χ4n) is 2.96. The van der Waals surface area contributed by atoms with Crippen LogP contribution in [0.5, 0.6) is 11.5 Å². The van der Waals surface area contributed by atoms with E-state index in [4.69, 9.17) is 9.47 Å². The van der Waals surface area contributed by atoms with E-state index in [-0.39, 0.29) is 23.7 Å². The van der Waals surface area contributed by atoms with E-state index >= 15 is 0 Å². The number of methoxy groups -OCH3 is 1. The maximum atomic E-state index is 12.1. The topological polar surface area (TPSA) is 108 Å². The molecule has 4 N–H and O–H groups in total. The number of hydrogen-bond acceptors (Lipinski definition) is 5. The van der Waals surface area contributed by atoms with Gasteiger partial charge in [0.15, 0.2) is 18.1 Å². The van der Waals surface area contributed by atoms with Crippen molar-refractivity contribution in [1.29, 1.82) is 0 Å². The summed E-state index contributed by atoms with van der Waals surface area (Å²) >= 11 is 0. The van der Waals surface area contributed by atoms with Crippen LogP contribution in [-0.2, 0) is 11.3 Å². The molecule has 3 aromatic rings. The lowest BCUT2D eigenvalue weighted by atomic mass is 10.1. The Hall–Kier alpha value is -3.42. The van der Waals surface area contributed by atoms with Crippen LogP contribution in [-0.4, -0.2) is 35.1 Å². The molecule has 0 aliphatic carbocycles. The van der Waals surface area contributed by atoms with Crippen LogP contribution in [0, 0.1) is 0 Å². The van der Waals surface area contributed by atoms with Crippen molar-refractivity contribution < 1.29 is 14.3 Å². The number of carbonyl (C=O) groups is 1. The molecule has 8 nitrogen and oxygen atoms in total. The van der Waals surface area contributed by atoms with E-state index in [2.05, 4.69) is 20.6 Å². The number of amides is 1. The van der Waals surface area contributed by atoms with Crippen LogP contribution in [0.15, 0.2) is 41.2 Å². The predicted octanol–water partition coefficient (Wildman–Crippen LogP) is 2.77. The number of carbonyl (C=O) groups excluding carboxylic acids is 1. The highest BCUT2D eigenvalue weighted by Crippen LogP contribution is 2.31. The third kappa shape index (κ3) is 5.31. The number of aromatic amines is 2. The van der Waals surface area contributed by atoms with Gasteiger partial charge < -0.3 is 30.1 Å². The molecule has 0 spiro atoms. The summed E-state index contributed by atoms with van der Waals surface area (Å²) in [6.07, 6.45) is 0. The van der Waals surface area contributed by atoms with Gasteiger partial charge in [0, 0.05) is 23.3 Å². The van der Waals surface area contributed by atoms with E-state index in [1.54, 1.807) is 13.2 Å². The lowest BCUT2D eigenvalue weighted by molar-refractivity contribution is -0.124. The van der Waals surface area contributed by atoms with E-state index < -0.39 is 0 Å². The van der Waals surface area contributed by atoms with E-state index in [1.165, 1.54) is 0 Å². The number of para-hydroxylation sites is 1. The van der Waals surface area contributed by atoms with Crippen molar-refractivity contribution in [2.24, 2.45) is 0 Å². The Labute approximate surface area is 168 Å². The van der Waals surface area contributed by atoms with Crippen molar-refractivity contribution in [1.82, 2.24) is 15.3 Å². The molecule has 0 aliphatic rings. The highest BCUT2D eigenvalue weighted by atomic mass is 16.5. The summed E-state index contributed by atoms with van der Waals surface area (Å²) in [5, 5.41) is 6.18. The summed E-state index contributed by atoms with van der Waals surface area (Å²) in [6, 6.07) is 11.1. The van der Waals surface area contributed by atoms with Crippen LogP contribution in [0.25, 0.3) is 11.0 Å². The molecule has 0 atom stereocenters. The van der Waals surface area contributed by atoms with Crippen LogP contribution >= 0.6 is 0 Å². The van der Waals surface area contributed by atoms with Crippen molar-refractivity contribution in [2.75, 3.05) is 19.0 Å². The van der Waals surface area contributed by atoms with Crippen molar-refractivity contribution in [3.05, 3.63) is 52.4 Å². The number of benzene rings is 2. The molecule has 29 heavy (non-hydrogen) atoms. The molecule has 0 fully saturated rings. The van der Waals surface area contributed by atoms with Gasteiger partial charge >= 0.3 is 5.69 Å². The SMILES string of the molecule is COc1cccc(CNc2ccc3[nH]c(=O)[nH]c3c2)c1OCC(=O)NC(C)(C)C. The average molecular weight is 398 g/mol. The van der Waals surface area contributed by atoms with Crippen molar-refractivity contribution in [3.8, 4) is 11.5 Å². The minimum Gasteiger partial charge on any atom is -0.493 e. The number of imidazole rings is 1. The number of ether oxygens (including phenoxy) is 2. The lowest BCUT2D eigenvalue weighted by Crippen LogP contribution is -2.43. The average Bonchev–Trinajstić information content (AvgIpc) is 3.02.